The number of carbonyl (C=O) groups is 2. The number of hydrogen-bond donors (Lipinski definition) is 1. The summed E-state index contributed by atoms with van der Waals surface area (Å²) in [6.07, 6.45) is 6.27. The van der Waals surface area contributed by atoms with E-state index in [1.807, 2.05) is 0 Å². The predicted molar refractivity (Wildman–Crippen MR) is 90.7 cm³/mol. The van der Waals surface area contributed by atoms with E-state index < -0.39 is 0 Å². The number of benzene rings is 1. The molecule has 0 unspecified atom stereocenters. The molecule has 1 amide bonds. The lowest BCUT2D eigenvalue weighted by atomic mass is 10.2. The average Bonchev–Trinajstić information content (AvgIpc) is 3.48. The molecule has 128 valence electrons. The van der Waals surface area contributed by atoms with Crippen molar-refractivity contribution in [2.75, 3.05) is 7.11 Å². The minimum absolute atomic E-state index is 0.00799. The fourth-order valence-corrected chi connectivity index (χ4v) is 2.09. The average molecular weight is 339 g/mol. The highest BCUT2D eigenvalue weighted by atomic mass is 16.6. The van der Waals surface area contributed by atoms with E-state index in [1.54, 1.807) is 36.5 Å². The largest absolute Gasteiger partial charge is 0.493 e. The molecule has 1 aliphatic rings. The van der Waals surface area contributed by atoms with E-state index in [1.165, 1.54) is 19.5 Å². The summed E-state index contributed by atoms with van der Waals surface area (Å²) in [5, 5.41) is 3.91. The molecule has 1 fully saturated rings. The maximum atomic E-state index is 11.9. The topological polar surface area (TPSA) is 89.9 Å². The maximum absolute atomic E-state index is 11.9. The monoisotopic (exact) mass is 339 g/mol. The van der Waals surface area contributed by atoms with E-state index in [0.29, 0.717) is 22.6 Å². The summed E-state index contributed by atoms with van der Waals surface area (Å²) in [4.78, 5) is 27.5. The van der Waals surface area contributed by atoms with Crippen LogP contribution >= 0.6 is 0 Å². The maximum Gasteiger partial charge on any atom is 0.314 e. The number of amides is 1. The van der Waals surface area contributed by atoms with Gasteiger partial charge in [-0.3, -0.25) is 14.6 Å². The van der Waals surface area contributed by atoms with Gasteiger partial charge in [-0.15, -0.1) is 0 Å². The first-order valence-electron chi connectivity index (χ1n) is 7.80. The molecule has 0 spiro atoms. The summed E-state index contributed by atoms with van der Waals surface area (Å²) in [6.45, 7) is 0. The highest BCUT2D eigenvalue weighted by molar-refractivity contribution is 5.94. The van der Waals surface area contributed by atoms with Crippen molar-refractivity contribution in [1.29, 1.82) is 0 Å². The summed E-state index contributed by atoms with van der Waals surface area (Å²) in [7, 11) is 1.49. The molecule has 1 N–H and O–H groups in total. The number of carbonyl (C=O) groups excluding carboxylic acids is 2. The summed E-state index contributed by atoms with van der Waals surface area (Å²) in [5.74, 6) is 0.218. The highest BCUT2D eigenvalue weighted by Gasteiger charge is 2.32. The van der Waals surface area contributed by atoms with Gasteiger partial charge in [0.1, 0.15) is 0 Å². The molecule has 1 saturated carbocycles. The number of ether oxygens (including phenoxy) is 2. The Labute approximate surface area is 144 Å². The number of esters is 1. The van der Waals surface area contributed by atoms with Crippen LogP contribution < -0.4 is 14.9 Å². The normalized spacial score (nSPS) is 13.5. The number of aromatic nitrogens is 1. The van der Waals surface area contributed by atoms with Crippen LogP contribution in [0.3, 0.4) is 0 Å². The van der Waals surface area contributed by atoms with E-state index in [2.05, 4.69) is 15.5 Å². The molecule has 1 heterocycles. The number of hydrazone groups is 1. The van der Waals surface area contributed by atoms with Crippen molar-refractivity contribution in [2.45, 2.75) is 12.8 Å². The van der Waals surface area contributed by atoms with Gasteiger partial charge >= 0.3 is 5.97 Å². The van der Waals surface area contributed by atoms with Crippen molar-refractivity contribution < 1.29 is 19.1 Å². The zero-order valence-electron chi connectivity index (χ0n) is 13.6. The van der Waals surface area contributed by atoms with Gasteiger partial charge in [-0.1, -0.05) is 0 Å². The molecular formula is C18H17N3O4. The molecular weight excluding hydrogens is 322 g/mol. The molecule has 2 aromatic rings. The van der Waals surface area contributed by atoms with Crippen LogP contribution in [-0.4, -0.2) is 30.2 Å². The minimum atomic E-state index is -0.355. The Hall–Kier alpha value is -3.22. The standard InChI is InChI=1S/C18H17N3O4/c1-24-16-9-12(4-7-15(16)25-18(23)13-5-6-13)10-20-21-17(22)14-3-2-8-19-11-14/h2-4,7-11,13H,5-6H2,1H3,(H,21,22)/b20-10-. The molecule has 0 atom stereocenters. The highest BCUT2D eigenvalue weighted by Crippen LogP contribution is 2.34. The second-order valence-electron chi connectivity index (χ2n) is 5.55. The molecule has 7 nitrogen and oxygen atoms in total. The van der Waals surface area contributed by atoms with E-state index in [4.69, 9.17) is 9.47 Å². The lowest BCUT2D eigenvalue weighted by Gasteiger charge is -2.09. The van der Waals surface area contributed by atoms with Gasteiger partial charge in [0.25, 0.3) is 5.91 Å². The van der Waals surface area contributed by atoms with Crippen LogP contribution in [0.15, 0.2) is 47.8 Å². The third-order valence-electron chi connectivity index (χ3n) is 3.61. The van der Waals surface area contributed by atoms with Crippen LogP contribution in [-0.2, 0) is 4.79 Å². The molecule has 3 rings (SSSR count). The molecule has 7 heteroatoms. The van der Waals surface area contributed by atoms with Gasteiger partial charge < -0.3 is 9.47 Å². The molecule has 25 heavy (non-hydrogen) atoms. The fraction of sp³-hybridized carbons (Fsp3) is 0.222. The summed E-state index contributed by atoms with van der Waals surface area (Å²) in [5.41, 5.74) is 3.52. The van der Waals surface area contributed by atoms with Crippen molar-refractivity contribution in [2.24, 2.45) is 11.0 Å². The van der Waals surface area contributed by atoms with Crippen molar-refractivity contribution in [1.82, 2.24) is 10.4 Å². The molecule has 0 radical (unpaired) electrons. The Bertz CT molecular complexity index is 801. The van der Waals surface area contributed by atoms with Gasteiger partial charge in [-0.05, 0) is 48.7 Å². The van der Waals surface area contributed by atoms with Crippen molar-refractivity contribution >= 4 is 18.1 Å². The first-order chi connectivity index (χ1) is 12.2. The Balaban J connectivity index is 1.64. The first-order valence-corrected chi connectivity index (χ1v) is 7.80. The Kier molecular flexibility index (Phi) is 5.03. The summed E-state index contributed by atoms with van der Waals surface area (Å²) in [6, 6.07) is 8.35. The Morgan fingerprint density at radius 3 is 2.80 bits per heavy atom. The Morgan fingerprint density at radius 1 is 1.28 bits per heavy atom. The number of hydrogen-bond acceptors (Lipinski definition) is 6. The number of rotatable bonds is 6. The van der Waals surface area contributed by atoms with Crippen LogP contribution in [0.1, 0.15) is 28.8 Å². The zero-order chi connectivity index (χ0) is 17.6. The number of methoxy groups -OCH3 is 1. The fourth-order valence-electron chi connectivity index (χ4n) is 2.09. The second-order valence-corrected chi connectivity index (χ2v) is 5.55. The lowest BCUT2D eigenvalue weighted by Crippen LogP contribution is -2.17. The van der Waals surface area contributed by atoms with Crippen molar-refractivity contribution in [3.8, 4) is 11.5 Å². The van der Waals surface area contributed by atoms with Gasteiger partial charge in [0.15, 0.2) is 11.5 Å². The molecule has 1 aliphatic carbocycles. The lowest BCUT2D eigenvalue weighted by molar-refractivity contribution is -0.135. The summed E-state index contributed by atoms with van der Waals surface area (Å²) < 4.78 is 10.6. The number of pyridine rings is 1. The van der Waals surface area contributed by atoms with Gasteiger partial charge in [0, 0.05) is 12.4 Å². The van der Waals surface area contributed by atoms with E-state index in [9.17, 15) is 9.59 Å². The first kappa shape index (κ1) is 16.6. The quantitative estimate of drug-likeness (QED) is 0.377. The van der Waals surface area contributed by atoms with Crippen molar-refractivity contribution in [3.63, 3.8) is 0 Å². The van der Waals surface area contributed by atoms with Crippen LogP contribution in [0.25, 0.3) is 0 Å². The second kappa shape index (κ2) is 7.57. The minimum Gasteiger partial charge on any atom is -0.493 e. The third kappa shape index (κ3) is 4.41. The van der Waals surface area contributed by atoms with E-state index in [-0.39, 0.29) is 17.8 Å². The smallest absolute Gasteiger partial charge is 0.314 e. The predicted octanol–water partition coefficient (Wildman–Crippen LogP) is 2.17. The Morgan fingerprint density at radius 2 is 2.12 bits per heavy atom. The van der Waals surface area contributed by atoms with Gasteiger partial charge in [-0.2, -0.15) is 5.10 Å². The van der Waals surface area contributed by atoms with E-state index in [0.717, 1.165) is 12.8 Å². The van der Waals surface area contributed by atoms with Crippen LogP contribution in [0.2, 0.25) is 0 Å². The van der Waals surface area contributed by atoms with Crippen LogP contribution in [0, 0.1) is 5.92 Å². The molecule has 1 aromatic heterocycles. The molecule has 0 aliphatic heterocycles. The third-order valence-corrected chi connectivity index (χ3v) is 3.61. The number of nitrogens with zero attached hydrogens (tertiary/aromatic N) is 2. The SMILES string of the molecule is COc1cc(/C=N\NC(=O)c2cccnc2)ccc1OC(=O)C1CC1. The molecule has 0 saturated heterocycles. The van der Waals surface area contributed by atoms with Crippen molar-refractivity contribution in [3.05, 3.63) is 53.9 Å². The molecule has 1 aromatic carbocycles. The molecule has 0 bridgehead atoms. The summed E-state index contributed by atoms with van der Waals surface area (Å²) >= 11 is 0. The zero-order valence-corrected chi connectivity index (χ0v) is 13.6. The van der Waals surface area contributed by atoms with Gasteiger partial charge in [0.05, 0.1) is 24.8 Å². The van der Waals surface area contributed by atoms with Gasteiger partial charge in [-0.25, -0.2) is 5.43 Å². The number of nitrogens with one attached hydrogen (secondary N) is 1. The van der Waals surface area contributed by atoms with E-state index >= 15 is 0 Å². The van der Waals surface area contributed by atoms with Crippen LogP contribution in [0.4, 0.5) is 0 Å². The van der Waals surface area contributed by atoms with Gasteiger partial charge in [0.2, 0.25) is 0 Å². The van der Waals surface area contributed by atoms with Crippen LogP contribution in [0.5, 0.6) is 11.5 Å².